The van der Waals surface area contributed by atoms with Crippen molar-refractivity contribution in [3.63, 3.8) is 0 Å². The lowest BCUT2D eigenvalue weighted by Gasteiger charge is -1.93. The molecular formula is C13H9N2O+. The van der Waals surface area contributed by atoms with E-state index in [1.807, 2.05) is 41.9 Å². The summed E-state index contributed by atoms with van der Waals surface area (Å²) in [5.41, 5.74) is 2.59. The fourth-order valence-corrected chi connectivity index (χ4v) is 2.03. The van der Waals surface area contributed by atoms with Crippen LogP contribution in [-0.2, 0) is 7.05 Å². The van der Waals surface area contributed by atoms with Crippen LogP contribution in [-0.4, -0.2) is 0 Å². The summed E-state index contributed by atoms with van der Waals surface area (Å²) in [5, 5.41) is 9.92. The van der Waals surface area contributed by atoms with Crippen LogP contribution < -0.4 is 4.57 Å². The Bertz CT molecular complexity index is 691. The van der Waals surface area contributed by atoms with Gasteiger partial charge in [0, 0.05) is 12.1 Å². The number of nitrogens with zero attached hydrogens (tertiary/aromatic N) is 2. The molecule has 0 radical (unpaired) electrons. The smallest absolute Gasteiger partial charge is 0.250 e. The molecular weight excluding hydrogens is 200 g/mol. The van der Waals surface area contributed by atoms with Gasteiger partial charge in [-0.25, -0.2) is 0 Å². The average molecular weight is 209 g/mol. The van der Waals surface area contributed by atoms with Crippen molar-refractivity contribution in [3.05, 3.63) is 42.2 Å². The fourth-order valence-electron chi connectivity index (χ4n) is 2.03. The molecule has 0 unspecified atom stereocenters. The van der Waals surface area contributed by atoms with E-state index in [1.54, 1.807) is 0 Å². The van der Waals surface area contributed by atoms with Crippen molar-refractivity contribution in [1.29, 1.82) is 5.26 Å². The number of hydrogen-bond donors (Lipinski definition) is 0. The maximum atomic E-state index is 8.84. The van der Waals surface area contributed by atoms with E-state index in [0.717, 1.165) is 22.4 Å². The van der Waals surface area contributed by atoms with E-state index < -0.39 is 0 Å². The molecule has 0 fully saturated rings. The molecule has 2 heterocycles. The Hall–Kier alpha value is -2.34. The summed E-state index contributed by atoms with van der Waals surface area (Å²) in [4.78, 5) is 0. The molecule has 0 spiro atoms. The highest BCUT2D eigenvalue weighted by molar-refractivity contribution is 5.90. The number of para-hydroxylation sites is 1. The molecule has 2 aliphatic heterocycles. The third kappa shape index (κ3) is 1.04. The molecule has 3 rings (SSSR count). The Balaban J connectivity index is 2.51. The Morgan fingerprint density at radius 1 is 1.31 bits per heavy atom. The van der Waals surface area contributed by atoms with Crippen LogP contribution >= 0.6 is 0 Å². The third-order valence-corrected chi connectivity index (χ3v) is 2.83. The third-order valence-electron chi connectivity index (χ3n) is 2.83. The number of aromatic nitrogens is 1. The van der Waals surface area contributed by atoms with E-state index in [-0.39, 0.29) is 0 Å². The SMILES string of the molecule is C[n+]1c2cc(C#N)coc-2c2ccccc21. The zero-order valence-electron chi connectivity index (χ0n) is 8.77. The van der Waals surface area contributed by atoms with Gasteiger partial charge in [0.15, 0.2) is 0 Å². The first kappa shape index (κ1) is 8.93. The molecule has 76 valence electrons. The molecule has 3 heteroatoms. The van der Waals surface area contributed by atoms with Gasteiger partial charge >= 0.3 is 0 Å². The summed E-state index contributed by atoms with van der Waals surface area (Å²) in [6, 6.07) is 12.0. The summed E-state index contributed by atoms with van der Waals surface area (Å²) < 4.78 is 7.56. The summed E-state index contributed by atoms with van der Waals surface area (Å²) >= 11 is 0. The second-order valence-electron chi connectivity index (χ2n) is 3.74. The van der Waals surface area contributed by atoms with Crippen LogP contribution in [0.2, 0.25) is 0 Å². The van der Waals surface area contributed by atoms with Crippen molar-refractivity contribution in [2.75, 3.05) is 0 Å². The van der Waals surface area contributed by atoms with Crippen molar-refractivity contribution >= 4 is 10.9 Å². The largest absolute Gasteiger partial charge is 0.456 e. The topological polar surface area (TPSA) is 40.8 Å². The van der Waals surface area contributed by atoms with Crippen LogP contribution in [0.15, 0.2) is 41.0 Å². The van der Waals surface area contributed by atoms with E-state index in [1.165, 1.54) is 6.26 Å². The summed E-state index contributed by atoms with van der Waals surface area (Å²) in [6.45, 7) is 0. The molecule has 16 heavy (non-hydrogen) atoms. The second-order valence-corrected chi connectivity index (χ2v) is 3.74. The molecule has 0 N–H and O–H groups in total. The number of aryl methyl sites for hydroxylation is 1. The van der Waals surface area contributed by atoms with Gasteiger partial charge in [0.25, 0.3) is 5.69 Å². The molecule has 0 aromatic heterocycles. The standard InChI is InChI=1S/C13H9N2O/c1-15-11-5-3-2-4-10(11)13-12(15)6-9(7-14)8-16-13/h2-6,8H,1H3/q+1. The monoisotopic (exact) mass is 209 g/mol. The molecule has 0 amide bonds. The minimum Gasteiger partial charge on any atom is -0.456 e. The van der Waals surface area contributed by atoms with Gasteiger partial charge in [-0.2, -0.15) is 9.83 Å². The average Bonchev–Trinajstić information content (AvgIpc) is 2.64. The van der Waals surface area contributed by atoms with Crippen molar-refractivity contribution in [2.45, 2.75) is 0 Å². The Morgan fingerprint density at radius 2 is 2.12 bits per heavy atom. The van der Waals surface area contributed by atoms with Crippen LogP contribution in [0.25, 0.3) is 22.4 Å². The lowest BCUT2D eigenvalue weighted by atomic mass is 10.2. The highest BCUT2D eigenvalue weighted by Crippen LogP contribution is 2.29. The summed E-state index contributed by atoms with van der Waals surface area (Å²) in [5.74, 6) is 0.831. The van der Waals surface area contributed by atoms with Crippen molar-refractivity contribution < 1.29 is 8.98 Å². The Morgan fingerprint density at radius 3 is 2.94 bits per heavy atom. The van der Waals surface area contributed by atoms with Gasteiger partial charge in [-0.05, 0) is 6.07 Å². The normalized spacial score (nSPS) is 10.8. The van der Waals surface area contributed by atoms with E-state index >= 15 is 0 Å². The molecule has 0 saturated carbocycles. The maximum Gasteiger partial charge on any atom is 0.250 e. The minimum absolute atomic E-state index is 0.540. The molecule has 0 saturated heterocycles. The predicted octanol–water partition coefficient (Wildman–Crippen LogP) is 2.23. The minimum atomic E-state index is 0.540. The molecule has 2 aliphatic rings. The van der Waals surface area contributed by atoms with Gasteiger partial charge < -0.3 is 4.42 Å². The van der Waals surface area contributed by atoms with Gasteiger partial charge in [0.05, 0.1) is 10.9 Å². The Labute approximate surface area is 92.5 Å². The second kappa shape index (κ2) is 3.07. The van der Waals surface area contributed by atoms with Gasteiger partial charge in [0.2, 0.25) is 11.3 Å². The Kier molecular flexibility index (Phi) is 1.72. The van der Waals surface area contributed by atoms with Gasteiger partial charge in [-0.1, -0.05) is 12.1 Å². The van der Waals surface area contributed by atoms with Gasteiger partial charge in [-0.3, -0.25) is 0 Å². The number of nitriles is 1. The fraction of sp³-hybridized carbons (Fsp3) is 0.0769. The zero-order valence-corrected chi connectivity index (χ0v) is 8.77. The van der Waals surface area contributed by atoms with Crippen LogP contribution in [0.3, 0.4) is 0 Å². The van der Waals surface area contributed by atoms with E-state index in [2.05, 4.69) is 6.07 Å². The molecule has 3 nitrogen and oxygen atoms in total. The van der Waals surface area contributed by atoms with Crippen LogP contribution in [0.4, 0.5) is 0 Å². The number of rotatable bonds is 0. The first-order valence-corrected chi connectivity index (χ1v) is 5.00. The maximum absolute atomic E-state index is 8.84. The van der Waals surface area contributed by atoms with Gasteiger partial charge in [-0.15, -0.1) is 0 Å². The summed E-state index contributed by atoms with van der Waals surface area (Å²) in [6.07, 6.45) is 1.49. The predicted molar refractivity (Wildman–Crippen MR) is 58.7 cm³/mol. The van der Waals surface area contributed by atoms with Crippen molar-refractivity contribution in [3.8, 4) is 17.5 Å². The molecule has 0 aliphatic carbocycles. The zero-order chi connectivity index (χ0) is 11.1. The first-order valence-electron chi connectivity index (χ1n) is 5.00. The van der Waals surface area contributed by atoms with E-state index in [9.17, 15) is 0 Å². The molecule has 0 bridgehead atoms. The van der Waals surface area contributed by atoms with Gasteiger partial charge in [0.1, 0.15) is 19.4 Å². The lowest BCUT2D eigenvalue weighted by Crippen LogP contribution is -2.27. The van der Waals surface area contributed by atoms with Crippen molar-refractivity contribution in [2.24, 2.45) is 7.05 Å². The number of hydrogen-bond acceptors (Lipinski definition) is 2. The van der Waals surface area contributed by atoms with E-state index in [4.69, 9.17) is 9.68 Å². The number of fused-ring (bicyclic) bond motifs is 3. The molecule has 1 aromatic rings. The van der Waals surface area contributed by atoms with Crippen LogP contribution in [0.1, 0.15) is 5.56 Å². The van der Waals surface area contributed by atoms with Crippen molar-refractivity contribution in [1.82, 2.24) is 0 Å². The highest BCUT2D eigenvalue weighted by atomic mass is 16.3. The van der Waals surface area contributed by atoms with Crippen LogP contribution in [0.5, 0.6) is 0 Å². The van der Waals surface area contributed by atoms with E-state index in [0.29, 0.717) is 5.56 Å². The molecule has 1 aromatic carbocycles. The highest BCUT2D eigenvalue weighted by Gasteiger charge is 2.25. The number of benzene rings is 1. The van der Waals surface area contributed by atoms with Crippen LogP contribution in [0, 0.1) is 11.3 Å². The lowest BCUT2D eigenvalue weighted by molar-refractivity contribution is -0.631. The summed E-state index contributed by atoms with van der Waals surface area (Å²) in [7, 11) is 1.97. The quantitative estimate of drug-likeness (QED) is 0.533. The first-order chi connectivity index (χ1) is 7.81. The molecule has 0 atom stereocenters.